The molecule has 1 aromatic heterocycles. The van der Waals surface area contributed by atoms with Crippen LogP contribution < -0.4 is 4.74 Å². The molecule has 1 heterocycles. The summed E-state index contributed by atoms with van der Waals surface area (Å²) >= 11 is 0. The molecule has 1 N–H and O–H groups in total. The van der Waals surface area contributed by atoms with Gasteiger partial charge in [0.05, 0.1) is 24.7 Å². The number of rotatable bonds is 4. The van der Waals surface area contributed by atoms with Gasteiger partial charge in [-0.15, -0.1) is 0 Å². The summed E-state index contributed by atoms with van der Waals surface area (Å²) in [5, 5.41) is 9.46. The van der Waals surface area contributed by atoms with Gasteiger partial charge in [-0.05, 0) is 48.5 Å². The fourth-order valence-corrected chi connectivity index (χ4v) is 2.19. The van der Waals surface area contributed by atoms with Crippen molar-refractivity contribution >= 4 is 11.9 Å². The molecule has 3 rings (SSSR count). The Balaban J connectivity index is 1.88. The maximum absolute atomic E-state index is 9.46. The zero-order chi connectivity index (χ0) is 15.4. The highest BCUT2D eigenvalue weighted by molar-refractivity contribution is 5.81. The Labute approximate surface area is 128 Å². The van der Waals surface area contributed by atoms with E-state index in [0.717, 1.165) is 17.1 Å². The molecule has 3 aromatic rings. The molecule has 4 heteroatoms. The number of phenols is 1. The molecule has 0 unspecified atom stereocenters. The van der Waals surface area contributed by atoms with E-state index in [1.54, 1.807) is 31.5 Å². The van der Waals surface area contributed by atoms with Gasteiger partial charge in [0.25, 0.3) is 0 Å². The van der Waals surface area contributed by atoms with Crippen molar-refractivity contribution in [3.63, 3.8) is 0 Å². The lowest BCUT2D eigenvalue weighted by atomic mass is 10.3. The predicted octanol–water partition coefficient (Wildman–Crippen LogP) is 3.94. The first-order chi connectivity index (χ1) is 10.8. The number of hydrogen-bond acceptors (Lipinski definition) is 3. The van der Waals surface area contributed by atoms with Crippen LogP contribution in [0, 0.1) is 0 Å². The molecule has 0 amide bonds. The molecule has 22 heavy (non-hydrogen) atoms. The van der Waals surface area contributed by atoms with Gasteiger partial charge in [0.2, 0.25) is 0 Å². The van der Waals surface area contributed by atoms with E-state index < -0.39 is 0 Å². The number of methoxy groups -OCH3 is 1. The van der Waals surface area contributed by atoms with E-state index in [4.69, 9.17) is 4.74 Å². The van der Waals surface area contributed by atoms with Gasteiger partial charge in [-0.25, -0.2) is 0 Å². The molecule has 4 nitrogen and oxygen atoms in total. The number of hydrogen-bond donors (Lipinski definition) is 1. The molecule has 0 atom stereocenters. The monoisotopic (exact) mass is 292 g/mol. The summed E-state index contributed by atoms with van der Waals surface area (Å²) in [6.45, 7) is 0. The maximum Gasteiger partial charge on any atom is 0.119 e. The molecule has 0 radical (unpaired) electrons. The highest BCUT2D eigenvalue weighted by atomic mass is 16.5. The van der Waals surface area contributed by atoms with Crippen LogP contribution >= 0.6 is 0 Å². The standard InChI is InChI=1S/C18H16N2O2/c1-22-18-9-7-15(8-10-18)20-11-3-5-16(20)13-19-14-4-2-6-17(21)12-14/h2-13,21H,1H3. The Morgan fingerprint density at radius 3 is 2.59 bits per heavy atom. The lowest BCUT2D eigenvalue weighted by Gasteiger charge is -2.07. The van der Waals surface area contributed by atoms with Gasteiger partial charge in [0.1, 0.15) is 11.5 Å². The minimum Gasteiger partial charge on any atom is -0.508 e. The number of benzene rings is 2. The van der Waals surface area contributed by atoms with Crippen LogP contribution in [0.1, 0.15) is 5.69 Å². The molecule has 0 fully saturated rings. The highest BCUT2D eigenvalue weighted by Gasteiger charge is 2.01. The molecule has 0 spiro atoms. The highest BCUT2D eigenvalue weighted by Crippen LogP contribution is 2.20. The molecule has 0 aliphatic rings. The van der Waals surface area contributed by atoms with Crippen LogP contribution in [-0.2, 0) is 0 Å². The van der Waals surface area contributed by atoms with Crippen LogP contribution in [0.5, 0.6) is 11.5 Å². The summed E-state index contributed by atoms with van der Waals surface area (Å²) in [6.07, 6.45) is 3.75. The maximum atomic E-state index is 9.46. The lowest BCUT2D eigenvalue weighted by molar-refractivity contribution is 0.414. The van der Waals surface area contributed by atoms with Crippen LogP contribution in [-0.4, -0.2) is 23.0 Å². The smallest absolute Gasteiger partial charge is 0.119 e. The Hall–Kier alpha value is -3.01. The van der Waals surface area contributed by atoms with Crippen molar-refractivity contribution < 1.29 is 9.84 Å². The number of aromatic hydroxyl groups is 1. The van der Waals surface area contributed by atoms with E-state index in [9.17, 15) is 5.11 Å². The summed E-state index contributed by atoms with van der Waals surface area (Å²) < 4.78 is 7.21. The summed E-state index contributed by atoms with van der Waals surface area (Å²) in [4.78, 5) is 4.40. The second-order valence-electron chi connectivity index (χ2n) is 4.78. The van der Waals surface area contributed by atoms with Crippen molar-refractivity contribution in [2.24, 2.45) is 4.99 Å². The third-order valence-electron chi connectivity index (χ3n) is 3.31. The van der Waals surface area contributed by atoms with Crippen LogP contribution in [0.2, 0.25) is 0 Å². The van der Waals surface area contributed by atoms with Gasteiger partial charge in [-0.3, -0.25) is 4.99 Å². The molecule has 2 aromatic carbocycles. The van der Waals surface area contributed by atoms with E-state index in [1.807, 2.05) is 53.2 Å². The SMILES string of the molecule is COc1ccc(-n2cccc2C=Nc2cccc(O)c2)cc1. The third kappa shape index (κ3) is 3.01. The summed E-state index contributed by atoms with van der Waals surface area (Å²) in [5.74, 6) is 1.03. The average molecular weight is 292 g/mol. The van der Waals surface area contributed by atoms with Gasteiger partial charge in [-0.1, -0.05) is 6.07 Å². The minimum atomic E-state index is 0.209. The average Bonchev–Trinajstić information content (AvgIpc) is 3.01. The second kappa shape index (κ2) is 6.18. The topological polar surface area (TPSA) is 46.8 Å². The minimum absolute atomic E-state index is 0.209. The zero-order valence-electron chi connectivity index (χ0n) is 12.2. The van der Waals surface area contributed by atoms with Gasteiger partial charge in [-0.2, -0.15) is 0 Å². The van der Waals surface area contributed by atoms with Gasteiger partial charge in [0, 0.05) is 18.0 Å². The Morgan fingerprint density at radius 2 is 1.86 bits per heavy atom. The third-order valence-corrected chi connectivity index (χ3v) is 3.31. The van der Waals surface area contributed by atoms with Gasteiger partial charge in [0.15, 0.2) is 0 Å². The molecule has 0 bridgehead atoms. The quantitative estimate of drug-likeness (QED) is 0.740. The Morgan fingerprint density at radius 1 is 1.05 bits per heavy atom. The van der Waals surface area contributed by atoms with E-state index in [1.165, 1.54) is 0 Å². The van der Waals surface area contributed by atoms with E-state index in [0.29, 0.717) is 5.69 Å². The fourth-order valence-electron chi connectivity index (χ4n) is 2.19. The molecule has 110 valence electrons. The molecular formula is C18H16N2O2. The first-order valence-electron chi connectivity index (χ1n) is 6.91. The Kier molecular flexibility index (Phi) is 3.92. The van der Waals surface area contributed by atoms with Gasteiger partial charge < -0.3 is 14.4 Å². The molecule has 0 aliphatic heterocycles. The number of aromatic nitrogens is 1. The number of ether oxygens (including phenoxy) is 1. The second-order valence-corrected chi connectivity index (χ2v) is 4.78. The summed E-state index contributed by atoms with van der Waals surface area (Å²) in [6, 6.07) is 18.6. The first-order valence-corrected chi connectivity index (χ1v) is 6.91. The van der Waals surface area contributed by atoms with E-state index >= 15 is 0 Å². The van der Waals surface area contributed by atoms with E-state index in [2.05, 4.69) is 4.99 Å². The van der Waals surface area contributed by atoms with Crippen LogP contribution in [0.15, 0.2) is 71.9 Å². The number of aliphatic imine (C=N–C) groups is 1. The van der Waals surface area contributed by atoms with Crippen molar-refractivity contribution in [1.82, 2.24) is 4.57 Å². The van der Waals surface area contributed by atoms with Crippen LogP contribution in [0.4, 0.5) is 5.69 Å². The van der Waals surface area contributed by atoms with Crippen LogP contribution in [0.3, 0.4) is 0 Å². The van der Waals surface area contributed by atoms with E-state index in [-0.39, 0.29) is 5.75 Å². The van der Waals surface area contributed by atoms with Crippen molar-refractivity contribution in [2.45, 2.75) is 0 Å². The lowest BCUT2D eigenvalue weighted by Crippen LogP contribution is -1.97. The Bertz CT molecular complexity index is 789. The molecule has 0 saturated carbocycles. The fraction of sp³-hybridized carbons (Fsp3) is 0.0556. The predicted molar refractivity (Wildman–Crippen MR) is 87.7 cm³/mol. The van der Waals surface area contributed by atoms with Crippen molar-refractivity contribution in [2.75, 3.05) is 7.11 Å². The summed E-state index contributed by atoms with van der Waals surface area (Å²) in [7, 11) is 1.65. The number of nitrogens with zero attached hydrogens (tertiary/aromatic N) is 2. The summed E-state index contributed by atoms with van der Waals surface area (Å²) in [5.41, 5.74) is 2.69. The largest absolute Gasteiger partial charge is 0.508 e. The zero-order valence-corrected chi connectivity index (χ0v) is 12.2. The number of phenolic OH excluding ortho intramolecular Hbond substituents is 1. The molecular weight excluding hydrogens is 276 g/mol. The van der Waals surface area contributed by atoms with Crippen LogP contribution in [0.25, 0.3) is 5.69 Å². The normalized spacial score (nSPS) is 11.0. The van der Waals surface area contributed by atoms with Crippen molar-refractivity contribution in [3.8, 4) is 17.2 Å². The molecule has 0 saturated heterocycles. The molecule has 0 aliphatic carbocycles. The van der Waals surface area contributed by atoms with Crippen molar-refractivity contribution in [1.29, 1.82) is 0 Å². The van der Waals surface area contributed by atoms with Gasteiger partial charge >= 0.3 is 0 Å². The first kappa shape index (κ1) is 13.9. The van der Waals surface area contributed by atoms with Crippen molar-refractivity contribution in [3.05, 3.63) is 72.6 Å².